The predicted molar refractivity (Wildman–Crippen MR) is 97.4 cm³/mol. The number of hydrogen-bond donors (Lipinski definition) is 0. The highest BCUT2D eigenvalue weighted by Crippen LogP contribution is 2.37. The zero-order valence-electron chi connectivity index (χ0n) is 12.3. The van der Waals surface area contributed by atoms with Gasteiger partial charge in [0.15, 0.2) is 0 Å². The lowest BCUT2D eigenvalue weighted by Gasteiger charge is -2.06. The van der Waals surface area contributed by atoms with Gasteiger partial charge in [-0.3, -0.25) is 4.40 Å². The van der Waals surface area contributed by atoms with Crippen LogP contribution in [-0.4, -0.2) is 9.38 Å². The van der Waals surface area contributed by atoms with Crippen molar-refractivity contribution in [1.29, 1.82) is 0 Å². The number of fused-ring (bicyclic) bond motifs is 1. The Morgan fingerprint density at radius 3 is 2.67 bits per heavy atom. The second-order valence-electron chi connectivity index (χ2n) is 5.06. The molecule has 6 heteroatoms. The summed E-state index contributed by atoms with van der Waals surface area (Å²) in [5, 5.41) is 0.939. The first-order valence-corrected chi connectivity index (χ1v) is 8.82. The molecule has 0 N–H and O–H groups in total. The van der Waals surface area contributed by atoms with Crippen LogP contribution in [-0.2, 0) is 0 Å². The van der Waals surface area contributed by atoms with Gasteiger partial charge in [0.05, 0.1) is 10.9 Å². The molecule has 3 heterocycles. The van der Waals surface area contributed by atoms with E-state index in [1.807, 2.05) is 52.9 Å². The van der Waals surface area contributed by atoms with Gasteiger partial charge in [0.1, 0.15) is 16.4 Å². The zero-order valence-corrected chi connectivity index (χ0v) is 14.8. The molecule has 0 aliphatic heterocycles. The van der Waals surface area contributed by atoms with E-state index < -0.39 is 0 Å². The van der Waals surface area contributed by atoms with Crippen LogP contribution in [0.2, 0.25) is 0 Å². The van der Waals surface area contributed by atoms with E-state index >= 15 is 0 Å². The van der Waals surface area contributed by atoms with Crippen molar-refractivity contribution in [2.75, 3.05) is 0 Å². The third-order valence-electron chi connectivity index (χ3n) is 3.49. The van der Waals surface area contributed by atoms with Gasteiger partial charge in [-0.2, -0.15) is 0 Å². The highest BCUT2D eigenvalue weighted by Gasteiger charge is 2.17. The Morgan fingerprint density at radius 2 is 1.88 bits per heavy atom. The fourth-order valence-corrected chi connectivity index (χ4v) is 4.12. The summed E-state index contributed by atoms with van der Waals surface area (Å²) in [6.07, 6.45) is 1.41. The van der Waals surface area contributed by atoms with Crippen molar-refractivity contribution in [3.63, 3.8) is 0 Å². The van der Waals surface area contributed by atoms with Crippen LogP contribution in [0.15, 0.2) is 90.7 Å². The molecular weight excluding hydrogens is 388 g/mol. The Hall–Kier alpha value is -2.31. The van der Waals surface area contributed by atoms with Crippen LogP contribution in [0, 0.1) is 0 Å². The number of imidazole rings is 1. The smallest absolute Gasteiger partial charge is 0.336 e. The van der Waals surface area contributed by atoms with Gasteiger partial charge in [0, 0.05) is 16.5 Å². The van der Waals surface area contributed by atoms with E-state index in [1.165, 1.54) is 24.1 Å². The number of aromatic nitrogens is 2. The number of pyridine rings is 1. The highest BCUT2D eigenvalue weighted by atomic mass is 79.9. The third kappa shape index (κ3) is 2.79. The lowest BCUT2D eigenvalue weighted by Crippen LogP contribution is -1.95. The Balaban J connectivity index is 1.96. The van der Waals surface area contributed by atoms with Gasteiger partial charge < -0.3 is 4.42 Å². The summed E-state index contributed by atoms with van der Waals surface area (Å²) in [4.78, 5) is 17.1. The number of hydrogen-bond acceptors (Lipinski definition) is 4. The quantitative estimate of drug-likeness (QED) is 0.462. The molecule has 4 nitrogen and oxygen atoms in total. The normalized spacial score (nSPS) is 11.0. The maximum atomic E-state index is 11.5. The van der Waals surface area contributed by atoms with E-state index in [2.05, 4.69) is 15.9 Å². The van der Waals surface area contributed by atoms with E-state index in [9.17, 15) is 4.79 Å². The molecule has 0 saturated carbocycles. The standard InChI is InChI=1S/C18H11BrN2O2S/c19-14-7-4-8-15-20-17(12-5-2-1-3-6-12)18(21(14)15)24-13-9-10-23-16(22)11-13/h1-11H. The molecule has 0 aliphatic carbocycles. The molecule has 4 rings (SSSR count). The summed E-state index contributed by atoms with van der Waals surface area (Å²) in [5.74, 6) is 0. The molecule has 0 unspecified atom stereocenters. The minimum atomic E-state index is -0.367. The highest BCUT2D eigenvalue weighted by molar-refractivity contribution is 9.10. The van der Waals surface area contributed by atoms with Crippen LogP contribution in [0.3, 0.4) is 0 Å². The molecule has 3 aromatic heterocycles. The van der Waals surface area contributed by atoms with Crippen molar-refractivity contribution in [1.82, 2.24) is 9.38 Å². The Morgan fingerprint density at radius 1 is 1.04 bits per heavy atom. The minimum Gasteiger partial charge on any atom is -0.431 e. The van der Waals surface area contributed by atoms with Gasteiger partial charge in [0.2, 0.25) is 0 Å². The molecule has 0 atom stereocenters. The largest absolute Gasteiger partial charge is 0.431 e. The SMILES string of the molecule is O=c1cc(Sc2c(-c3ccccc3)nc3cccc(Br)n23)cco1. The summed E-state index contributed by atoms with van der Waals surface area (Å²) in [6.45, 7) is 0. The summed E-state index contributed by atoms with van der Waals surface area (Å²) in [6, 6.07) is 19.1. The van der Waals surface area contributed by atoms with E-state index in [0.717, 1.165) is 31.4 Å². The van der Waals surface area contributed by atoms with Crippen molar-refractivity contribution in [2.45, 2.75) is 9.92 Å². The van der Waals surface area contributed by atoms with Gasteiger partial charge in [-0.1, -0.05) is 48.2 Å². The summed E-state index contributed by atoms with van der Waals surface area (Å²) < 4.78 is 7.74. The number of halogens is 1. The molecule has 118 valence electrons. The van der Waals surface area contributed by atoms with Crippen LogP contribution < -0.4 is 5.63 Å². The molecule has 0 radical (unpaired) electrons. The van der Waals surface area contributed by atoms with Crippen LogP contribution in [0.25, 0.3) is 16.9 Å². The molecule has 1 aromatic carbocycles. The summed E-state index contributed by atoms with van der Waals surface area (Å²) >= 11 is 5.07. The second kappa shape index (κ2) is 6.30. The molecular formula is C18H11BrN2O2S. The lowest BCUT2D eigenvalue weighted by molar-refractivity contribution is 0.506. The molecule has 0 amide bonds. The Bertz CT molecular complexity index is 1070. The van der Waals surface area contributed by atoms with Gasteiger partial charge >= 0.3 is 5.63 Å². The third-order valence-corrected chi connectivity index (χ3v) is 5.17. The molecule has 0 fully saturated rings. The van der Waals surface area contributed by atoms with Crippen molar-refractivity contribution < 1.29 is 4.42 Å². The Labute approximate surface area is 150 Å². The number of rotatable bonds is 3. The number of benzene rings is 1. The lowest BCUT2D eigenvalue weighted by atomic mass is 10.2. The first-order chi connectivity index (χ1) is 11.7. The fraction of sp³-hybridized carbons (Fsp3) is 0. The number of nitrogens with zero attached hydrogens (tertiary/aromatic N) is 2. The predicted octanol–water partition coefficient (Wildman–Crippen LogP) is 4.87. The molecule has 0 saturated heterocycles. The second-order valence-corrected chi connectivity index (χ2v) is 6.94. The van der Waals surface area contributed by atoms with Crippen LogP contribution in [0.1, 0.15) is 0 Å². The average molecular weight is 399 g/mol. The van der Waals surface area contributed by atoms with E-state index in [0.29, 0.717) is 0 Å². The maximum Gasteiger partial charge on any atom is 0.336 e. The van der Waals surface area contributed by atoms with Gasteiger partial charge in [0.25, 0.3) is 0 Å². The first-order valence-electron chi connectivity index (χ1n) is 7.21. The van der Waals surface area contributed by atoms with Crippen molar-refractivity contribution in [2.24, 2.45) is 0 Å². The maximum absolute atomic E-state index is 11.5. The Kier molecular flexibility index (Phi) is 4.00. The molecule has 24 heavy (non-hydrogen) atoms. The molecule has 0 spiro atoms. The van der Waals surface area contributed by atoms with Crippen LogP contribution in [0.5, 0.6) is 0 Å². The van der Waals surface area contributed by atoms with E-state index in [4.69, 9.17) is 9.40 Å². The first kappa shape index (κ1) is 15.2. The van der Waals surface area contributed by atoms with Crippen molar-refractivity contribution in [3.05, 3.63) is 82.0 Å². The molecule has 0 aliphatic rings. The van der Waals surface area contributed by atoms with Crippen LogP contribution >= 0.6 is 27.7 Å². The topological polar surface area (TPSA) is 47.5 Å². The van der Waals surface area contributed by atoms with Crippen LogP contribution in [0.4, 0.5) is 0 Å². The summed E-state index contributed by atoms with van der Waals surface area (Å²) in [5.41, 5.74) is 2.38. The van der Waals surface area contributed by atoms with Gasteiger partial charge in [-0.05, 0) is 34.1 Å². The van der Waals surface area contributed by atoms with E-state index in [-0.39, 0.29) is 5.63 Å². The molecule has 0 bridgehead atoms. The fourth-order valence-electron chi connectivity index (χ4n) is 2.45. The average Bonchev–Trinajstić information content (AvgIpc) is 2.96. The zero-order chi connectivity index (χ0) is 16.5. The van der Waals surface area contributed by atoms with Gasteiger partial charge in [-0.25, -0.2) is 9.78 Å². The minimum absolute atomic E-state index is 0.367. The van der Waals surface area contributed by atoms with Crippen molar-refractivity contribution >= 4 is 33.3 Å². The van der Waals surface area contributed by atoms with Crippen molar-refractivity contribution in [3.8, 4) is 11.3 Å². The van der Waals surface area contributed by atoms with E-state index in [1.54, 1.807) is 6.07 Å². The molecule has 4 aromatic rings. The summed E-state index contributed by atoms with van der Waals surface area (Å²) in [7, 11) is 0. The van der Waals surface area contributed by atoms with Gasteiger partial charge in [-0.15, -0.1) is 0 Å². The monoisotopic (exact) mass is 398 g/mol.